The van der Waals surface area contributed by atoms with E-state index in [0.717, 1.165) is 37.0 Å². The van der Waals surface area contributed by atoms with E-state index in [4.69, 9.17) is 0 Å². The minimum absolute atomic E-state index is 0.249. The molecule has 0 spiro atoms. The van der Waals surface area contributed by atoms with Crippen LogP contribution in [0.5, 0.6) is 0 Å². The Balaban J connectivity index is 2.02. The van der Waals surface area contributed by atoms with Crippen LogP contribution in [0.25, 0.3) is 0 Å². The van der Waals surface area contributed by atoms with E-state index in [1.165, 1.54) is 6.42 Å². The number of imide groups is 1. The molecule has 1 aliphatic heterocycles. The van der Waals surface area contributed by atoms with E-state index in [1.54, 1.807) is 6.07 Å². The molecule has 0 bridgehead atoms. The van der Waals surface area contributed by atoms with Crippen LogP contribution in [0, 0.1) is 0 Å². The van der Waals surface area contributed by atoms with Crippen LogP contribution in [-0.4, -0.2) is 17.6 Å². The molecular weight excluding hydrogens is 246 g/mol. The predicted molar refractivity (Wildman–Crippen MR) is 74.3 cm³/mol. The van der Waals surface area contributed by atoms with Crippen molar-refractivity contribution < 1.29 is 9.59 Å². The van der Waals surface area contributed by atoms with Gasteiger partial charge >= 0.3 is 0 Å². The highest BCUT2D eigenvalue weighted by molar-refractivity contribution is 7.80. The second-order valence-electron chi connectivity index (χ2n) is 4.51. The molecule has 2 rings (SSSR count). The topological polar surface area (TPSA) is 46.2 Å². The maximum Gasteiger partial charge on any atom is 0.259 e. The van der Waals surface area contributed by atoms with Crippen LogP contribution in [0.1, 0.15) is 52.0 Å². The van der Waals surface area contributed by atoms with Crippen LogP contribution in [0.15, 0.2) is 18.2 Å². The second kappa shape index (κ2) is 6.05. The molecule has 2 amide bonds. The molecule has 0 aromatic heterocycles. The molecule has 1 heterocycles. The van der Waals surface area contributed by atoms with E-state index in [9.17, 15) is 9.59 Å². The van der Waals surface area contributed by atoms with Gasteiger partial charge in [0.25, 0.3) is 11.8 Å². The molecule has 1 aromatic carbocycles. The third-order valence-electron chi connectivity index (χ3n) is 3.20. The van der Waals surface area contributed by atoms with E-state index < -0.39 is 0 Å². The van der Waals surface area contributed by atoms with Gasteiger partial charge in [-0.25, -0.2) is 0 Å². The van der Waals surface area contributed by atoms with E-state index in [-0.39, 0.29) is 11.8 Å². The smallest absolute Gasteiger partial charge is 0.259 e. The molecule has 1 aromatic rings. The number of amides is 2. The highest BCUT2D eigenvalue weighted by atomic mass is 32.1. The summed E-state index contributed by atoms with van der Waals surface area (Å²) < 4.78 is 0. The zero-order valence-corrected chi connectivity index (χ0v) is 11.1. The molecule has 0 atom stereocenters. The van der Waals surface area contributed by atoms with E-state index >= 15 is 0 Å². The molecule has 0 aliphatic carbocycles. The van der Waals surface area contributed by atoms with Gasteiger partial charge in [0.2, 0.25) is 0 Å². The number of aryl methyl sites for hydroxylation is 1. The molecule has 18 heavy (non-hydrogen) atoms. The van der Waals surface area contributed by atoms with Crippen molar-refractivity contribution in [3.8, 4) is 0 Å². The van der Waals surface area contributed by atoms with E-state index in [0.29, 0.717) is 11.1 Å². The fraction of sp³-hybridized carbons (Fsp3) is 0.429. The van der Waals surface area contributed by atoms with Gasteiger partial charge in [-0.3, -0.25) is 14.9 Å². The van der Waals surface area contributed by atoms with Crippen molar-refractivity contribution in [3.05, 3.63) is 34.9 Å². The summed E-state index contributed by atoms with van der Waals surface area (Å²) in [5.41, 5.74) is 2.09. The number of thiol groups is 1. The first kappa shape index (κ1) is 13.1. The number of fused-ring (bicyclic) bond motifs is 1. The first-order valence-corrected chi connectivity index (χ1v) is 6.95. The van der Waals surface area contributed by atoms with Gasteiger partial charge in [0.15, 0.2) is 0 Å². The maximum absolute atomic E-state index is 11.7. The molecule has 96 valence electrons. The van der Waals surface area contributed by atoms with Gasteiger partial charge < -0.3 is 0 Å². The van der Waals surface area contributed by atoms with Crippen LogP contribution in [-0.2, 0) is 6.42 Å². The summed E-state index contributed by atoms with van der Waals surface area (Å²) in [5, 5.41) is 2.35. The van der Waals surface area contributed by atoms with Crippen molar-refractivity contribution >= 4 is 24.4 Å². The van der Waals surface area contributed by atoms with Crippen LogP contribution in [0.4, 0.5) is 0 Å². The summed E-state index contributed by atoms with van der Waals surface area (Å²) in [7, 11) is 0. The third-order valence-corrected chi connectivity index (χ3v) is 3.52. The Morgan fingerprint density at radius 3 is 2.56 bits per heavy atom. The van der Waals surface area contributed by atoms with Crippen LogP contribution < -0.4 is 5.32 Å². The summed E-state index contributed by atoms with van der Waals surface area (Å²) in [6.07, 6.45) is 5.35. The number of hydrogen-bond acceptors (Lipinski definition) is 3. The van der Waals surface area contributed by atoms with E-state index in [1.807, 2.05) is 12.1 Å². The number of carbonyl (C=O) groups excluding carboxylic acids is 2. The minimum atomic E-state index is -0.271. The fourth-order valence-corrected chi connectivity index (χ4v) is 2.50. The zero-order chi connectivity index (χ0) is 13.0. The van der Waals surface area contributed by atoms with Crippen molar-refractivity contribution in [1.29, 1.82) is 0 Å². The number of rotatable bonds is 6. The average Bonchev–Trinajstić information content (AvgIpc) is 2.66. The number of nitrogens with one attached hydrogen (secondary N) is 1. The summed E-state index contributed by atoms with van der Waals surface area (Å²) in [6, 6.07) is 5.50. The lowest BCUT2D eigenvalue weighted by atomic mass is 9.98. The van der Waals surface area contributed by atoms with Crippen LogP contribution in [0.2, 0.25) is 0 Å². The molecule has 0 radical (unpaired) electrons. The van der Waals surface area contributed by atoms with E-state index in [2.05, 4.69) is 17.9 Å². The van der Waals surface area contributed by atoms with Crippen molar-refractivity contribution in [2.45, 2.75) is 32.1 Å². The third kappa shape index (κ3) is 2.75. The first-order chi connectivity index (χ1) is 8.74. The van der Waals surface area contributed by atoms with Gasteiger partial charge in [-0.15, -0.1) is 0 Å². The van der Waals surface area contributed by atoms with Crippen LogP contribution >= 0.6 is 12.6 Å². The Kier molecular flexibility index (Phi) is 4.42. The normalized spacial score (nSPS) is 13.6. The van der Waals surface area contributed by atoms with Crippen molar-refractivity contribution in [3.63, 3.8) is 0 Å². The maximum atomic E-state index is 11.7. The fourth-order valence-electron chi connectivity index (χ4n) is 2.28. The van der Waals surface area contributed by atoms with Gasteiger partial charge in [-0.2, -0.15) is 12.6 Å². The molecule has 0 unspecified atom stereocenters. The lowest BCUT2D eigenvalue weighted by Gasteiger charge is -2.05. The largest absolute Gasteiger partial charge is 0.288 e. The standard InChI is InChI=1S/C14H17NO2S/c16-13-11-8-5-7-10(12(11)14(17)15-13)6-3-1-2-4-9-18/h5,7-8,18H,1-4,6,9H2,(H,15,16,17). The molecule has 4 heteroatoms. The summed E-state index contributed by atoms with van der Waals surface area (Å²) in [6.45, 7) is 0. The Labute approximate surface area is 112 Å². The Bertz CT molecular complexity index is 471. The van der Waals surface area contributed by atoms with Crippen molar-refractivity contribution in [2.75, 3.05) is 5.75 Å². The van der Waals surface area contributed by atoms with Gasteiger partial charge in [0, 0.05) is 0 Å². The highest BCUT2D eigenvalue weighted by Crippen LogP contribution is 2.21. The van der Waals surface area contributed by atoms with Crippen LogP contribution in [0.3, 0.4) is 0 Å². The highest BCUT2D eigenvalue weighted by Gasteiger charge is 2.28. The summed E-state index contributed by atoms with van der Waals surface area (Å²) in [5.74, 6) is 0.408. The quantitative estimate of drug-likeness (QED) is 0.471. The Hall–Kier alpha value is -1.29. The number of benzene rings is 1. The molecule has 3 nitrogen and oxygen atoms in total. The number of hydrogen-bond donors (Lipinski definition) is 2. The summed E-state index contributed by atoms with van der Waals surface area (Å²) in [4.78, 5) is 23.2. The van der Waals surface area contributed by atoms with Gasteiger partial charge in [0.1, 0.15) is 0 Å². The van der Waals surface area contributed by atoms with Gasteiger partial charge in [0.05, 0.1) is 11.1 Å². The monoisotopic (exact) mass is 263 g/mol. The Morgan fingerprint density at radius 2 is 1.78 bits per heavy atom. The molecule has 0 saturated heterocycles. The molecule has 0 fully saturated rings. The zero-order valence-electron chi connectivity index (χ0n) is 10.2. The van der Waals surface area contributed by atoms with Crippen molar-refractivity contribution in [1.82, 2.24) is 5.32 Å². The van der Waals surface area contributed by atoms with Crippen molar-refractivity contribution in [2.24, 2.45) is 0 Å². The summed E-state index contributed by atoms with van der Waals surface area (Å²) >= 11 is 4.18. The average molecular weight is 263 g/mol. The van der Waals surface area contributed by atoms with Gasteiger partial charge in [-0.1, -0.05) is 25.0 Å². The lowest BCUT2D eigenvalue weighted by Crippen LogP contribution is -2.20. The minimum Gasteiger partial charge on any atom is -0.288 e. The molecule has 0 saturated carbocycles. The van der Waals surface area contributed by atoms with Gasteiger partial charge in [-0.05, 0) is 36.6 Å². The number of unbranched alkanes of at least 4 members (excludes halogenated alkanes) is 3. The first-order valence-electron chi connectivity index (χ1n) is 6.32. The SMILES string of the molecule is O=C1NC(=O)c2c(CCCCCCS)cccc21. The lowest BCUT2D eigenvalue weighted by molar-refractivity contribution is 0.0879. The molecule has 1 aliphatic rings. The predicted octanol–water partition coefficient (Wildman–Crippen LogP) is 2.60. The Morgan fingerprint density at radius 1 is 1.00 bits per heavy atom. The second-order valence-corrected chi connectivity index (χ2v) is 4.96. The molecular formula is C14H17NO2S. The number of carbonyl (C=O) groups is 2. The molecule has 1 N–H and O–H groups in total.